The first kappa shape index (κ1) is 9.81. The average molecular weight is 250 g/mol. The third kappa shape index (κ3) is 1.50. The van der Waals surface area contributed by atoms with E-state index >= 15 is 0 Å². The summed E-state index contributed by atoms with van der Waals surface area (Å²) in [6.45, 7) is 0. The monoisotopic (exact) mass is 249 g/mol. The van der Waals surface area contributed by atoms with E-state index in [4.69, 9.17) is 11.6 Å². The van der Waals surface area contributed by atoms with Crippen LogP contribution in [0.4, 0.5) is 0 Å². The molecule has 3 rings (SSSR count). The van der Waals surface area contributed by atoms with Gasteiger partial charge in [0.1, 0.15) is 6.33 Å². The lowest BCUT2D eigenvalue weighted by Gasteiger charge is -2.04. The standard InChI is InChI=1S/C11H8ClN3S/c12-6-11-14-13-7-15(11)9-1-2-10-8(5-9)3-4-16-10/h1-5,7H,6H2. The SMILES string of the molecule is ClCc1nncn1-c1ccc2sccc2c1. The number of thiophene rings is 1. The van der Waals surface area contributed by atoms with Crippen molar-refractivity contribution in [2.45, 2.75) is 5.88 Å². The molecule has 0 aliphatic carbocycles. The Morgan fingerprint density at radius 2 is 2.25 bits per heavy atom. The predicted molar refractivity (Wildman–Crippen MR) is 66.3 cm³/mol. The number of hydrogen-bond donors (Lipinski definition) is 0. The third-order valence-corrected chi connectivity index (χ3v) is 3.59. The van der Waals surface area contributed by atoms with Crippen molar-refractivity contribution < 1.29 is 0 Å². The van der Waals surface area contributed by atoms with Crippen LogP contribution in [0.3, 0.4) is 0 Å². The molecule has 0 saturated carbocycles. The fourth-order valence-electron chi connectivity index (χ4n) is 1.67. The van der Waals surface area contributed by atoms with Gasteiger partial charge >= 0.3 is 0 Å². The number of alkyl halides is 1. The van der Waals surface area contributed by atoms with E-state index in [0.717, 1.165) is 11.5 Å². The molecule has 0 saturated heterocycles. The summed E-state index contributed by atoms with van der Waals surface area (Å²) >= 11 is 7.54. The first-order chi connectivity index (χ1) is 7.88. The summed E-state index contributed by atoms with van der Waals surface area (Å²) in [5, 5.41) is 11.2. The van der Waals surface area contributed by atoms with Gasteiger partial charge in [0, 0.05) is 10.4 Å². The number of halogens is 1. The normalized spacial score (nSPS) is 11.1. The number of benzene rings is 1. The maximum atomic E-state index is 5.80. The molecule has 1 aromatic carbocycles. The lowest BCUT2D eigenvalue weighted by molar-refractivity contribution is 0.952. The molecule has 0 radical (unpaired) electrons. The van der Waals surface area contributed by atoms with Crippen molar-refractivity contribution in [3.63, 3.8) is 0 Å². The van der Waals surface area contributed by atoms with Crippen molar-refractivity contribution >= 4 is 33.0 Å². The van der Waals surface area contributed by atoms with Crippen molar-refractivity contribution in [1.29, 1.82) is 0 Å². The fraction of sp³-hybridized carbons (Fsp3) is 0.0909. The lowest BCUT2D eigenvalue weighted by Crippen LogP contribution is -1.97. The maximum absolute atomic E-state index is 5.80. The van der Waals surface area contributed by atoms with E-state index < -0.39 is 0 Å². The third-order valence-electron chi connectivity index (χ3n) is 2.45. The summed E-state index contributed by atoms with van der Waals surface area (Å²) in [6, 6.07) is 8.38. The number of nitrogens with zero attached hydrogens (tertiary/aromatic N) is 3. The van der Waals surface area contributed by atoms with Gasteiger partial charge in [0.25, 0.3) is 0 Å². The molecule has 0 unspecified atom stereocenters. The Bertz CT molecular complexity index is 629. The van der Waals surface area contributed by atoms with E-state index in [0.29, 0.717) is 5.88 Å². The number of aromatic nitrogens is 3. The Morgan fingerprint density at radius 1 is 1.31 bits per heavy atom. The second-order valence-corrected chi connectivity index (χ2v) is 4.61. The Labute approximate surface area is 101 Å². The quantitative estimate of drug-likeness (QED) is 0.653. The highest BCUT2D eigenvalue weighted by Crippen LogP contribution is 2.23. The molecule has 16 heavy (non-hydrogen) atoms. The van der Waals surface area contributed by atoms with Gasteiger partial charge < -0.3 is 0 Å². The zero-order valence-corrected chi connectivity index (χ0v) is 9.87. The molecular weight excluding hydrogens is 242 g/mol. The molecule has 0 atom stereocenters. The summed E-state index contributed by atoms with van der Waals surface area (Å²) in [6.07, 6.45) is 1.69. The van der Waals surface area contributed by atoms with E-state index in [1.54, 1.807) is 17.7 Å². The van der Waals surface area contributed by atoms with Crippen LogP contribution in [0.2, 0.25) is 0 Å². The summed E-state index contributed by atoms with van der Waals surface area (Å²) in [5.41, 5.74) is 1.05. The summed E-state index contributed by atoms with van der Waals surface area (Å²) in [7, 11) is 0. The van der Waals surface area contributed by atoms with Gasteiger partial charge in [-0.05, 0) is 35.0 Å². The average Bonchev–Trinajstić information content (AvgIpc) is 2.96. The van der Waals surface area contributed by atoms with Gasteiger partial charge in [-0.25, -0.2) is 0 Å². The highest BCUT2D eigenvalue weighted by Gasteiger charge is 2.05. The molecule has 0 aliphatic rings. The van der Waals surface area contributed by atoms with Crippen LogP contribution in [0.1, 0.15) is 5.82 Å². The molecule has 3 nitrogen and oxygen atoms in total. The molecule has 0 spiro atoms. The first-order valence-electron chi connectivity index (χ1n) is 4.81. The van der Waals surface area contributed by atoms with Gasteiger partial charge in [0.2, 0.25) is 0 Å². The van der Waals surface area contributed by atoms with Gasteiger partial charge in [0.05, 0.1) is 5.88 Å². The Balaban J connectivity index is 2.18. The smallest absolute Gasteiger partial charge is 0.152 e. The van der Waals surface area contributed by atoms with Gasteiger partial charge in [-0.3, -0.25) is 4.57 Å². The summed E-state index contributed by atoms with van der Waals surface area (Å²) in [5.74, 6) is 1.12. The Kier molecular flexibility index (Phi) is 2.38. The van der Waals surface area contributed by atoms with Crippen LogP contribution in [0.15, 0.2) is 36.0 Å². The molecule has 0 bridgehead atoms. The number of fused-ring (bicyclic) bond motifs is 1. The van der Waals surface area contributed by atoms with Crippen LogP contribution in [-0.2, 0) is 5.88 Å². The van der Waals surface area contributed by atoms with Gasteiger partial charge in [-0.2, -0.15) is 0 Å². The topological polar surface area (TPSA) is 30.7 Å². The van der Waals surface area contributed by atoms with Crippen LogP contribution in [0.25, 0.3) is 15.8 Å². The van der Waals surface area contributed by atoms with Crippen molar-refractivity contribution in [1.82, 2.24) is 14.8 Å². The van der Waals surface area contributed by atoms with E-state index in [1.165, 1.54) is 10.1 Å². The lowest BCUT2D eigenvalue weighted by atomic mass is 10.2. The maximum Gasteiger partial charge on any atom is 0.152 e. The van der Waals surface area contributed by atoms with E-state index in [1.807, 2.05) is 4.57 Å². The fourth-order valence-corrected chi connectivity index (χ4v) is 2.62. The highest BCUT2D eigenvalue weighted by atomic mass is 35.5. The zero-order valence-electron chi connectivity index (χ0n) is 8.30. The molecule has 0 aliphatic heterocycles. The molecule has 0 fully saturated rings. The van der Waals surface area contributed by atoms with Gasteiger partial charge in [0.15, 0.2) is 5.82 Å². The van der Waals surface area contributed by atoms with E-state index in [9.17, 15) is 0 Å². The van der Waals surface area contributed by atoms with Crippen molar-refractivity contribution in [3.8, 4) is 5.69 Å². The van der Waals surface area contributed by atoms with Gasteiger partial charge in [-0.15, -0.1) is 33.1 Å². The first-order valence-corrected chi connectivity index (χ1v) is 6.22. The second-order valence-electron chi connectivity index (χ2n) is 3.39. The highest BCUT2D eigenvalue weighted by molar-refractivity contribution is 7.17. The molecule has 2 heterocycles. The largest absolute Gasteiger partial charge is 0.285 e. The van der Waals surface area contributed by atoms with Crippen LogP contribution in [0.5, 0.6) is 0 Å². The van der Waals surface area contributed by atoms with E-state index in [-0.39, 0.29) is 0 Å². The minimum Gasteiger partial charge on any atom is -0.285 e. The predicted octanol–water partition coefficient (Wildman–Crippen LogP) is 3.22. The summed E-state index contributed by atoms with van der Waals surface area (Å²) < 4.78 is 3.19. The van der Waals surface area contributed by atoms with E-state index in [2.05, 4.69) is 39.8 Å². The molecule has 0 N–H and O–H groups in total. The van der Waals surface area contributed by atoms with Crippen LogP contribution in [0, 0.1) is 0 Å². The summed E-state index contributed by atoms with van der Waals surface area (Å²) in [4.78, 5) is 0. The van der Waals surface area contributed by atoms with Gasteiger partial charge in [-0.1, -0.05) is 0 Å². The van der Waals surface area contributed by atoms with Crippen LogP contribution in [-0.4, -0.2) is 14.8 Å². The number of hydrogen-bond acceptors (Lipinski definition) is 3. The molecular formula is C11H8ClN3S. The second kappa shape index (κ2) is 3.88. The van der Waals surface area contributed by atoms with Crippen molar-refractivity contribution in [3.05, 3.63) is 41.8 Å². The van der Waals surface area contributed by atoms with Crippen molar-refractivity contribution in [2.75, 3.05) is 0 Å². The Morgan fingerprint density at radius 3 is 3.12 bits per heavy atom. The minimum absolute atomic E-state index is 0.363. The van der Waals surface area contributed by atoms with Crippen LogP contribution >= 0.6 is 22.9 Å². The molecule has 3 aromatic rings. The molecule has 80 valence electrons. The minimum atomic E-state index is 0.363. The zero-order chi connectivity index (χ0) is 11.0. The molecule has 0 amide bonds. The number of rotatable bonds is 2. The van der Waals surface area contributed by atoms with Crippen molar-refractivity contribution in [2.24, 2.45) is 0 Å². The molecule has 5 heteroatoms. The molecule has 2 aromatic heterocycles. The van der Waals surface area contributed by atoms with Crippen LogP contribution < -0.4 is 0 Å². The Hall–Kier alpha value is -1.39.